The maximum atomic E-state index is 14.1. The van der Waals surface area contributed by atoms with E-state index in [0.717, 1.165) is 21.5 Å². The molecule has 1 aliphatic rings. The van der Waals surface area contributed by atoms with E-state index in [1.807, 2.05) is 47.7 Å². The van der Waals surface area contributed by atoms with Gasteiger partial charge in [-0.3, -0.25) is 14.2 Å². The highest BCUT2D eigenvalue weighted by Crippen LogP contribution is 2.28. The molecule has 11 heteroatoms. The molecule has 1 N–H and O–H groups in total. The Hall–Kier alpha value is -3.87. The lowest BCUT2D eigenvalue weighted by Gasteiger charge is -2.30. The van der Waals surface area contributed by atoms with Crippen molar-refractivity contribution in [2.75, 3.05) is 0 Å². The van der Waals surface area contributed by atoms with Gasteiger partial charge in [-0.15, -0.1) is 0 Å². The van der Waals surface area contributed by atoms with Crippen LogP contribution in [0.1, 0.15) is 47.9 Å². The first-order valence-corrected chi connectivity index (χ1v) is 13.7. The first-order valence-electron chi connectivity index (χ1n) is 12.6. The van der Waals surface area contributed by atoms with Crippen LogP contribution in [0.5, 0.6) is 0 Å². The van der Waals surface area contributed by atoms with Crippen LogP contribution in [0.4, 0.5) is 4.39 Å². The normalized spacial score (nSPS) is 17.5. The zero-order chi connectivity index (χ0) is 27.3. The van der Waals surface area contributed by atoms with Crippen molar-refractivity contribution in [1.82, 2.24) is 28.8 Å². The Morgan fingerprint density at radius 2 is 1.85 bits per heavy atom. The summed E-state index contributed by atoms with van der Waals surface area (Å²) in [6, 6.07) is 13.6. The topological polar surface area (TPSA) is 103 Å². The first-order chi connectivity index (χ1) is 18.8. The molecule has 1 saturated carbocycles. The van der Waals surface area contributed by atoms with Crippen molar-refractivity contribution in [3.63, 3.8) is 0 Å². The lowest BCUT2D eigenvalue weighted by molar-refractivity contribution is 0.0917. The Balaban J connectivity index is 1.28. The van der Waals surface area contributed by atoms with Gasteiger partial charge < -0.3 is 9.72 Å². The predicted octanol–water partition coefficient (Wildman–Crippen LogP) is 4.16. The number of benzene rings is 1. The molecule has 4 heterocycles. The minimum atomic E-state index is -0.646. The number of fused-ring (bicyclic) bond motifs is 2. The van der Waals surface area contributed by atoms with Crippen LogP contribution < -0.4 is 16.6 Å². The Labute approximate surface area is 235 Å². The number of nitrogens with one attached hydrogen (secondary N) is 1. The molecule has 0 bridgehead atoms. The van der Waals surface area contributed by atoms with E-state index < -0.39 is 23.1 Å². The van der Waals surface area contributed by atoms with E-state index in [1.54, 1.807) is 12.3 Å². The van der Waals surface area contributed by atoms with Gasteiger partial charge in [0.25, 0.3) is 11.5 Å². The fraction of sp³-hybridized carbons (Fsp3) is 0.250. The first kappa shape index (κ1) is 25.4. The number of halogens is 2. The molecule has 39 heavy (non-hydrogen) atoms. The predicted molar refractivity (Wildman–Crippen MR) is 153 cm³/mol. The van der Waals surface area contributed by atoms with Crippen LogP contribution in [0.2, 0.25) is 0 Å². The molecule has 1 aliphatic carbocycles. The number of carbonyl (C=O) groups is 1. The molecule has 0 atom stereocenters. The Morgan fingerprint density at radius 1 is 1.08 bits per heavy atom. The summed E-state index contributed by atoms with van der Waals surface area (Å²) in [6.07, 6.45) is 4.90. The van der Waals surface area contributed by atoms with Crippen molar-refractivity contribution in [1.29, 1.82) is 0 Å². The summed E-state index contributed by atoms with van der Waals surface area (Å²) in [5, 5.41) is 3.10. The number of pyridine rings is 2. The van der Waals surface area contributed by atoms with Crippen molar-refractivity contribution in [2.24, 2.45) is 0 Å². The zero-order valence-corrected chi connectivity index (χ0v) is 23.1. The summed E-state index contributed by atoms with van der Waals surface area (Å²) in [4.78, 5) is 48.7. The maximum Gasteiger partial charge on any atom is 0.337 e. The van der Waals surface area contributed by atoms with Gasteiger partial charge in [-0.25, -0.2) is 23.7 Å². The summed E-state index contributed by atoms with van der Waals surface area (Å²) in [6.45, 7) is 1.95. The van der Waals surface area contributed by atoms with Gasteiger partial charge in [-0.05, 0) is 91.6 Å². The van der Waals surface area contributed by atoms with Crippen LogP contribution in [0.3, 0.4) is 0 Å². The average Bonchev–Trinajstić information content (AvgIpc) is 3.36. The minimum Gasteiger partial charge on any atom is -0.348 e. The molecule has 5 aromatic rings. The second-order valence-electron chi connectivity index (χ2n) is 9.80. The maximum absolute atomic E-state index is 14.1. The fourth-order valence-corrected chi connectivity index (χ4v) is 5.87. The van der Waals surface area contributed by atoms with E-state index in [2.05, 4.69) is 37.9 Å². The standard InChI is InChI=1S/C28H24FIN6O3/c1-16-4-2-7-24-33-23(15-34(16)24)26(37)32-19-8-10-20(11-9-19)36-27(38)22-12-17(29)14-31-25(22)35(28(36)39)21-6-3-5-18(30)13-21/h2-7,12-15,19-20H,8-11H2,1H3,(H,32,37). The molecule has 0 saturated heterocycles. The van der Waals surface area contributed by atoms with Crippen molar-refractivity contribution in [3.8, 4) is 5.69 Å². The summed E-state index contributed by atoms with van der Waals surface area (Å²) < 4.78 is 19.5. The number of aryl methyl sites for hydroxylation is 1. The number of rotatable bonds is 4. The summed E-state index contributed by atoms with van der Waals surface area (Å²) in [7, 11) is 0. The van der Waals surface area contributed by atoms with E-state index >= 15 is 0 Å². The molecule has 9 nitrogen and oxygen atoms in total. The van der Waals surface area contributed by atoms with Gasteiger partial charge >= 0.3 is 5.69 Å². The molecule has 4 aromatic heterocycles. The third-order valence-corrected chi connectivity index (χ3v) is 7.95. The molecular weight excluding hydrogens is 614 g/mol. The van der Waals surface area contributed by atoms with Crippen LogP contribution in [0.25, 0.3) is 22.4 Å². The third kappa shape index (κ3) is 4.64. The number of hydrogen-bond donors (Lipinski definition) is 1. The number of imidazole rings is 1. The zero-order valence-electron chi connectivity index (χ0n) is 21.0. The van der Waals surface area contributed by atoms with Gasteiger partial charge in [0.2, 0.25) is 0 Å². The highest BCUT2D eigenvalue weighted by Gasteiger charge is 2.28. The van der Waals surface area contributed by atoms with Crippen molar-refractivity contribution >= 4 is 45.2 Å². The Morgan fingerprint density at radius 3 is 2.59 bits per heavy atom. The summed E-state index contributed by atoms with van der Waals surface area (Å²) in [5.41, 5.74) is 1.62. The van der Waals surface area contributed by atoms with Crippen LogP contribution >= 0.6 is 22.6 Å². The van der Waals surface area contributed by atoms with Crippen LogP contribution in [0.15, 0.2) is 70.5 Å². The highest BCUT2D eigenvalue weighted by molar-refractivity contribution is 14.1. The lowest BCUT2D eigenvalue weighted by atomic mass is 9.90. The molecule has 198 valence electrons. The Kier molecular flexibility index (Phi) is 6.53. The van der Waals surface area contributed by atoms with Crippen molar-refractivity contribution in [3.05, 3.63) is 103 Å². The van der Waals surface area contributed by atoms with E-state index in [1.165, 1.54) is 9.13 Å². The van der Waals surface area contributed by atoms with Gasteiger partial charge in [-0.1, -0.05) is 12.1 Å². The summed E-state index contributed by atoms with van der Waals surface area (Å²) in [5.74, 6) is -0.903. The van der Waals surface area contributed by atoms with Gasteiger partial charge in [0.1, 0.15) is 17.2 Å². The molecule has 0 radical (unpaired) electrons. The number of hydrogen-bond acceptors (Lipinski definition) is 5. The number of nitrogens with zero attached hydrogens (tertiary/aromatic N) is 5. The molecule has 0 spiro atoms. The molecule has 6 rings (SSSR count). The number of amides is 1. The Bertz CT molecular complexity index is 1870. The fourth-order valence-electron chi connectivity index (χ4n) is 5.35. The smallest absolute Gasteiger partial charge is 0.337 e. The van der Waals surface area contributed by atoms with Gasteiger partial charge in [-0.2, -0.15) is 0 Å². The van der Waals surface area contributed by atoms with Crippen LogP contribution in [-0.4, -0.2) is 35.5 Å². The minimum absolute atomic E-state index is 0.0472. The quantitative estimate of drug-likeness (QED) is 0.298. The molecule has 1 amide bonds. The second kappa shape index (κ2) is 10.0. The number of aromatic nitrogens is 5. The van der Waals surface area contributed by atoms with Gasteiger partial charge in [0, 0.05) is 27.5 Å². The van der Waals surface area contributed by atoms with E-state index in [-0.39, 0.29) is 23.0 Å². The van der Waals surface area contributed by atoms with Gasteiger partial charge in [0.15, 0.2) is 5.65 Å². The van der Waals surface area contributed by atoms with Crippen molar-refractivity contribution in [2.45, 2.75) is 44.7 Å². The molecular formula is C28H24FIN6O3. The second-order valence-corrected chi connectivity index (χ2v) is 11.0. The molecule has 0 unspecified atom stereocenters. The largest absolute Gasteiger partial charge is 0.348 e. The van der Waals surface area contributed by atoms with Crippen molar-refractivity contribution < 1.29 is 9.18 Å². The van der Waals surface area contributed by atoms with E-state index in [0.29, 0.717) is 42.7 Å². The highest BCUT2D eigenvalue weighted by atomic mass is 127. The van der Waals surface area contributed by atoms with Crippen LogP contribution in [-0.2, 0) is 0 Å². The average molecular weight is 638 g/mol. The molecule has 1 aromatic carbocycles. The SMILES string of the molecule is Cc1cccc2nc(C(=O)NC3CCC(n4c(=O)c5cc(F)cnc5n(-c5cccc(I)c5)c4=O)CC3)cn12. The molecule has 1 fully saturated rings. The lowest BCUT2D eigenvalue weighted by Crippen LogP contribution is -2.45. The van der Waals surface area contributed by atoms with Crippen LogP contribution in [0, 0.1) is 16.3 Å². The molecule has 0 aliphatic heterocycles. The van der Waals surface area contributed by atoms with E-state index in [9.17, 15) is 18.8 Å². The summed E-state index contributed by atoms with van der Waals surface area (Å²) >= 11 is 2.15. The van der Waals surface area contributed by atoms with E-state index in [4.69, 9.17) is 0 Å². The third-order valence-electron chi connectivity index (χ3n) is 7.28. The van der Waals surface area contributed by atoms with Gasteiger partial charge in [0.05, 0.1) is 17.3 Å². The number of carbonyl (C=O) groups excluding carboxylic acids is 1. The monoisotopic (exact) mass is 638 g/mol.